The summed E-state index contributed by atoms with van der Waals surface area (Å²) < 4.78 is 69.9. The van der Waals surface area contributed by atoms with E-state index in [0.29, 0.717) is 28.7 Å². The highest BCUT2D eigenvalue weighted by Crippen LogP contribution is 2.59. The van der Waals surface area contributed by atoms with Crippen LogP contribution in [0.2, 0.25) is 0 Å². The SMILES string of the molecule is C=C(C)C(=O)OC1C2CC3C1OC(=O)C3C2C(=O)OCOC1Cc2ccccc2C1.C=C(C)C(=O)OCCC(=O)OCOC1Cc2ccccc2C1.C=C(C)C(=O)OCOC1CCc2ccccc2C1.C=Cc1ccc(C(=O)OCOC2CCCc3ccccc32)cc1.C=Cc1ccc(C(=O)OCOC2Cc3ccccc3C2)cc1. The van der Waals surface area contributed by atoms with E-state index in [1.807, 2.05) is 78.9 Å². The minimum Gasteiger partial charge on any atom is -0.462 e. The quantitative estimate of drug-likeness (QED) is 0.0201. The maximum absolute atomic E-state index is 12.9. The molecule has 1 heterocycles. The lowest BCUT2D eigenvalue weighted by atomic mass is 9.78. The first-order valence-electron chi connectivity index (χ1n) is 39.0. The van der Waals surface area contributed by atoms with Gasteiger partial charge in [-0.25, -0.2) is 24.0 Å². The second-order valence-corrected chi connectivity index (χ2v) is 29.6. The predicted molar refractivity (Wildman–Crippen MR) is 428 cm³/mol. The molecule has 0 spiro atoms. The molecule has 8 atom stereocenters. The van der Waals surface area contributed by atoms with Gasteiger partial charge in [0.15, 0.2) is 34.0 Å². The molecule has 115 heavy (non-hydrogen) atoms. The summed E-state index contributed by atoms with van der Waals surface area (Å²) in [6, 6.07) is 55.6. The first-order chi connectivity index (χ1) is 55.7. The van der Waals surface area contributed by atoms with Crippen molar-refractivity contribution >= 4 is 59.9 Å². The molecule has 7 aromatic carbocycles. The zero-order chi connectivity index (χ0) is 81.3. The Kier molecular flexibility index (Phi) is 30.7. The molecular formula is C94H100O21. The zero-order valence-corrected chi connectivity index (χ0v) is 65.4. The van der Waals surface area contributed by atoms with E-state index < -0.39 is 59.9 Å². The third-order valence-corrected chi connectivity index (χ3v) is 21.5. The molecule has 0 N–H and O–H groups in total. The normalized spacial score (nSPS) is 20.0. The first kappa shape index (κ1) is 84.7. The molecule has 7 aromatic rings. The average molecular weight is 1570 g/mol. The van der Waals surface area contributed by atoms with E-state index in [-0.39, 0.29) is 107 Å². The molecule has 8 unspecified atom stereocenters. The van der Waals surface area contributed by atoms with Gasteiger partial charge in [-0.2, -0.15) is 0 Å². The van der Waals surface area contributed by atoms with Crippen molar-refractivity contribution in [2.45, 2.75) is 153 Å². The molecule has 8 aliphatic rings. The summed E-state index contributed by atoms with van der Waals surface area (Å²) >= 11 is 0. The Labute approximate surface area is 671 Å². The fourth-order valence-electron chi connectivity index (χ4n) is 15.5. The number of hydrogen-bond donors (Lipinski definition) is 0. The molecule has 3 fully saturated rings. The lowest BCUT2D eigenvalue weighted by Crippen LogP contribution is -2.44. The van der Waals surface area contributed by atoms with Gasteiger partial charge in [-0.15, -0.1) is 0 Å². The maximum atomic E-state index is 12.9. The average Bonchev–Trinajstić information content (AvgIpc) is 1.55. The summed E-state index contributed by atoms with van der Waals surface area (Å²) in [7, 11) is 0. The summed E-state index contributed by atoms with van der Waals surface area (Å²) in [5.74, 6) is -5.14. The molecule has 7 aliphatic carbocycles. The molecule has 0 radical (unpaired) electrons. The Morgan fingerprint density at radius 3 is 1.32 bits per heavy atom. The summed E-state index contributed by atoms with van der Waals surface area (Å²) in [5, 5.41) is 0. The first-order valence-corrected chi connectivity index (χ1v) is 39.0. The predicted octanol–water partition coefficient (Wildman–Crippen LogP) is 15.0. The van der Waals surface area contributed by atoms with Crippen molar-refractivity contribution in [2.24, 2.45) is 23.7 Å². The summed E-state index contributed by atoms with van der Waals surface area (Å²) in [4.78, 5) is 94.9. The van der Waals surface area contributed by atoms with Crippen LogP contribution in [0.3, 0.4) is 0 Å². The molecule has 21 heteroatoms. The highest BCUT2D eigenvalue weighted by atomic mass is 16.7. The summed E-state index contributed by atoms with van der Waals surface area (Å²) in [6.07, 6.45) is 14.3. The van der Waals surface area contributed by atoms with Crippen molar-refractivity contribution < 1.29 is 99.9 Å². The van der Waals surface area contributed by atoms with Gasteiger partial charge in [-0.05, 0) is 195 Å². The number of benzene rings is 7. The van der Waals surface area contributed by atoms with Crippen LogP contribution < -0.4 is 0 Å². The Morgan fingerprint density at radius 1 is 0.426 bits per heavy atom. The van der Waals surface area contributed by atoms with Crippen molar-refractivity contribution in [3.05, 3.63) is 297 Å². The smallest absolute Gasteiger partial charge is 0.340 e. The molecule has 0 amide bonds. The highest BCUT2D eigenvalue weighted by Gasteiger charge is 2.70. The van der Waals surface area contributed by atoms with Gasteiger partial charge in [0.05, 0.1) is 59.9 Å². The number of ether oxygens (including phenoxy) is 13. The number of fused-ring (bicyclic) bond motifs is 6. The summed E-state index contributed by atoms with van der Waals surface area (Å²) in [5.41, 5.74) is 16.9. The van der Waals surface area contributed by atoms with Gasteiger partial charge in [0.25, 0.3) is 0 Å². The number of esters is 8. The van der Waals surface area contributed by atoms with E-state index in [0.717, 1.165) is 88.2 Å². The van der Waals surface area contributed by atoms with E-state index in [2.05, 4.69) is 99.6 Å². The van der Waals surface area contributed by atoms with Gasteiger partial charge in [-0.1, -0.05) is 191 Å². The Hall–Kier alpha value is -11.2. The van der Waals surface area contributed by atoms with Crippen LogP contribution in [-0.2, 0) is 148 Å². The molecule has 0 aromatic heterocycles. The van der Waals surface area contributed by atoms with Crippen LogP contribution >= 0.6 is 0 Å². The molecule has 2 saturated carbocycles. The Bertz CT molecular complexity index is 4560. The fourth-order valence-corrected chi connectivity index (χ4v) is 15.5. The third kappa shape index (κ3) is 23.5. The molecule has 1 saturated heterocycles. The van der Waals surface area contributed by atoms with Crippen LogP contribution in [-0.4, -0.2) is 125 Å². The van der Waals surface area contributed by atoms with Crippen molar-refractivity contribution in [3.63, 3.8) is 0 Å². The lowest BCUT2D eigenvalue weighted by Gasteiger charge is -2.30. The largest absolute Gasteiger partial charge is 0.462 e. The van der Waals surface area contributed by atoms with E-state index in [1.165, 1.54) is 55.6 Å². The minimum atomic E-state index is -0.673. The number of aryl methyl sites for hydroxylation is 2. The lowest BCUT2D eigenvalue weighted by molar-refractivity contribution is -0.174. The summed E-state index contributed by atoms with van der Waals surface area (Å²) in [6.45, 7) is 22.4. The van der Waals surface area contributed by atoms with Crippen LogP contribution in [0.1, 0.15) is 146 Å². The standard InChI is InChI=1S/C23H24O7.C20H20O3.C19H18O3.C17H20O5.C15H18O3/c1-11(2)21(24)29-19-15-9-16-18(23(26)30-20(16)19)17(15)22(25)28-10-27-14-7-12-5-3-4-6-13(12)8-14;1-2-15-10-12-17(13-11-15)20(21)23-14-22-19-9-5-7-16-6-3-4-8-18(16)19;1-2-14-7-9-15(10-8-14)19(20)22-13-21-18-11-16-5-3-4-6-17(16)12-18;1-12(2)17(19)20-8-7-16(18)22-11-21-15-9-13-5-3-4-6-14(13)10-15;1-11(2)15(16)18-10-17-14-8-7-12-5-3-4-6-13(12)9-14/h3-6,14-20H,1,7-10H2,2H3;2-4,6,8,10-13,19H,1,5,7,9,14H2;2-10,18H,1,11-13H2;3-6,15H,1,7-11H2,2H3;3-6,14H,1,7-10H2,2H3. The highest BCUT2D eigenvalue weighted by molar-refractivity contribution is 5.91. The van der Waals surface area contributed by atoms with Crippen LogP contribution in [0.15, 0.2) is 219 Å². The molecule has 1 aliphatic heterocycles. The monoisotopic (exact) mass is 1560 g/mol. The number of carbonyl (C=O) groups excluding carboxylic acids is 8. The molecule has 15 rings (SSSR count). The van der Waals surface area contributed by atoms with Crippen molar-refractivity contribution in [1.29, 1.82) is 0 Å². The van der Waals surface area contributed by atoms with Crippen molar-refractivity contribution in [2.75, 3.05) is 40.6 Å². The van der Waals surface area contributed by atoms with E-state index in [4.69, 9.17) is 61.6 Å². The topological polar surface area (TPSA) is 257 Å². The molecule has 602 valence electrons. The van der Waals surface area contributed by atoms with Crippen molar-refractivity contribution in [1.82, 2.24) is 0 Å². The van der Waals surface area contributed by atoms with E-state index in [1.54, 1.807) is 57.2 Å². The van der Waals surface area contributed by atoms with Crippen LogP contribution in [0.4, 0.5) is 0 Å². The zero-order valence-electron chi connectivity index (χ0n) is 65.4. The number of rotatable bonds is 27. The van der Waals surface area contributed by atoms with Gasteiger partial charge >= 0.3 is 47.8 Å². The van der Waals surface area contributed by atoms with Gasteiger partial charge in [0, 0.05) is 28.6 Å². The maximum Gasteiger partial charge on any atom is 0.340 e. The number of carbonyl (C=O) groups is 8. The van der Waals surface area contributed by atoms with E-state index >= 15 is 0 Å². The van der Waals surface area contributed by atoms with Crippen LogP contribution in [0.25, 0.3) is 12.2 Å². The third-order valence-electron chi connectivity index (χ3n) is 21.5. The minimum absolute atomic E-state index is 0.00721. The van der Waals surface area contributed by atoms with Crippen LogP contribution in [0.5, 0.6) is 0 Å². The molecule has 2 bridgehead atoms. The van der Waals surface area contributed by atoms with Gasteiger partial charge in [-0.3, -0.25) is 14.4 Å². The Morgan fingerprint density at radius 2 is 0.835 bits per heavy atom. The fraction of sp³-hybridized carbons (Fsp3) is 0.362. The van der Waals surface area contributed by atoms with Crippen LogP contribution in [0, 0.1) is 23.7 Å². The van der Waals surface area contributed by atoms with Crippen molar-refractivity contribution in [3.8, 4) is 0 Å². The van der Waals surface area contributed by atoms with Gasteiger partial charge < -0.3 is 61.6 Å². The second-order valence-electron chi connectivity index (χ2n) is 29.6. The Balaban J connectivity index is 0.000000143. The second kappa shape index (κ2) is 41.7. The van der Waals surface area contributed by atoms with E-state index in [9.17, 15) is 38.4 Å². The van der Waals surface area contributed by atoms with Gasteiger partial charge in [0.1, 0.15) is 18.8 Å². The van der Waals surface area contributed by atoms with Gasteiger partial charge in [0.2, 0.25) is 0 Å². The molecular weight excluding hydrogens is 1470 g/mol. The molecule has 21 nitrogen and oxygen atoms in total. The number of hydrogen-bond acceptors (Lipinski definition) is 21.